The van der Waals surface area contributed by atoms with Crippen LogP contribution < -0.4 is 5.56 Å². The van der Waals surface area contributed by atoms with Gasteiger partial charge in [-0.05, 0) is 44.9 Å². The van der Waals surface area contributed by atoms with E-state index < -0.39 is 23.4 Å². The van der Waals surface area contributed by atoms with Crippen LogP contribution in [0.15, 0.2) is 63.6 Å². The number of ether oxygens (including phenoxy) is 2. The summed E-state index contributed by atoms with van der Waals surface area (Å²) < 4.78 is 11.1. The summed E-state index contributed by atoms with van der Waals surface area (Å²) in [5.41, 5.74) is 1.32. The Kier molecular flexibility index (Phi) is 9.86. The number of hydrogen-bond acceptors (Lipinski definition) is 9. The first-order valence-electron chi connectivity index (χ1n) is 11.1. The third-order valence-corrected chi connectivity index (χ3v) is 5.05. The minimum atomic E-state index is -0.672. The van der Waals surface area contributed by atoms with Gasteiger partial charge in [0.1, 0.15) is 11.6 Å². The van der Waals surface area contributed by atoms with E-state index in [0.717, 1.165) is 10.1 Å². The second kappa shape index (κ2) is 12.8. The van der Waals surface area contributed by atoms with Gasteiger partial charge in [0.05, 0.1) is 18.9 Å². The zero-order chi connectivity index (χ0) is 26.8. The van der Waals surface area contributed by atoms with Crippen molar-refractivity contribution in [3.8, 4) is 11.9 Å². The molecule has 36 heavy (non-hydrogen) atoms. The highest BCUT2D eigenvalue weighted by Crippen LogP contribution is 2.32. The van der Waals surface area contributed by atoms with Crippen molar-refractivity contribution < 1.29 is 24.2 Å². The fourth-order valence-corrected chi connectivity index (χ4v) is 3.00. The second-order valence-electron chi connectivity index (χ2n) is 8.04. The number of aromatic hydroxyl groups is 1. The zero-order valence-electron chi connectivity index (χ0n) is 20.5. The molecule has 0 fully saturated rings. The Morgan fingerprint density at radius 2 is 1.64 bits per heavy atom. The molecule has 1 aromatic carbocycles. The molecule has 0 saturated heterocycles. The SMILES string of the molecule is C=C(C)C(=O)OCCCn1c(O)c(/N=N/c2ccc(CCOC(=O)C(=C)C)cc2)c(C)c(C#N)c1=O. The number of hydrogen-bond donors (Lipinski definition) is 1. The quantitative estimate of drug-likeness (QED) is 0.213. The van der Waals surface area contributed by atoms with E-state index in [2.05, 4.69) is 23.4 Å². The molecule has 0 aliphatic rings. The number of aromatic nitrogens is 1. The Morgan fingerprint density at radius 1 is 1.06 bits per heavy atom. The molecule has 0 unspecified atom stereocenters. The van der Waals surface area contributed by atoms with Crippen LogP contribution in [0.4, 0.5) is 11.4 Å². The van der Waals surface area contributed by atoms with Crippen LogP contribution in [0, 0.1) is 18.3 Å². The van der Waals surface area contributed by atoms with Gasteiger partial charge in [0, 0.05) is 29.7 Å². The number of nitrogens with zero attached hydrogens (tertiary/aromatic N) is 4. The molecule has 2 rings (SSSR count). The van der Waals surface area contributed by atoms with Crippen molar-refractivity contribution in [1.29, 1.82) is 5.26 Å². The normalized spacial score (nSPS) is 10.6. The number of carbonyl (C=O) groups is 2. The number of rotatable bonds is 11. The predicted molar refractivity (Wildman–Crippen MR) is 132 cm³/mol. The van der Waals surface area contributed by atoms with E-state index in [-0.39, 0.29) is 48.6 Å². The molecule has 1 aromatic heterocycles. The average Bonchev–Trinajstić information content (AvgIpc) is 2.84. The molecular weight excluding hydrogens is 464 g/mol. The Labute approximate surface area is 208 Å². The summed E-state index contributed by atoms with van der Waals surface area (Å²) in [6.07, 6.45) is 0.731. The summed E-state index contributed by atoms with van der Waals surface area (Å²) in [5.74, 6) is -1.44. The van der Waals surface area contributed by atoms with E-state index in [1.54, 1.807) is 31.2 Å². The maximum absolute atomic E-state index is 12.7. The maximum atomic E-state index is 12.7. The molecule has 10 heteroatoms. The first-order valence-corrected chi connectivity index (χ1v) is 11.1. The van der Waals surface area contributed by atoms with E-state index in [9.17, 15) is 24.8 Å². The average molecular weight is 493 g/mol. The number of azo groups is 1. The molecular formula is C26H28N4O6. The second-order valence-corrected chi connectivity index (χ2v) is 8.04. The number of esters is 2. The summed E-state index contributed by atoms with van der Waals surface area (Å²) in [6.45, 7) is 11.8. The Hall–Kier alpha value is -4.52. The smallest absolute Gasteiger partial charge is 0.333 e. The number of carbonyl (C=O) groups excluding carboxylic acids is 2. The lowest BCUT2D eigenvalue weighted by Gasteiger charge is -2.13. The molecule has 10 nitrogen and oxygen atoms in total. The fraction of sp³-hybridized carbons (Fsp3) is 0.308. The minimum Gasteiger partial charge on any atom is -0.493 e. The van der Waals surface area contributed by atoms with Crippen LogP contribution in [0.1, 0.15) is 37.0 Å². The van der Waals surface area contributed by atoms with E-state index in [1.165, 1.54) is 13.8 Å². The van der Waals surface area contributed by atoms with Crippen molar-refractivity contribution in [1.82, 2.24) is 4.57 Å². The van der Waals surface area contributed by atoms with Crippen molar-refractivity contribution in [3.05, 3.63) is 75.6 Å². The van der Waals surface area contributed by atoms with Gasteiger partial charge in [-0.3, -0.25) is 9.36 Å². The topological polar surface area (TPSA) is 143 Å². The highest BCUT2D eigenvalue weighted by atomic mass is 16.5. The Balaban J connectivity index is 2.17. The van der Waals surface area contributed by atoms with Gasteiger partial charge in [-0.2, -0.15) is 10.4 Å². The molecule has 0 spiro atoms. The van der Waals surface area contributed by atoms with Gasteiger partial charge >= 0.3 is 11.9 Å². The van der Waals surface area contributed by atoms with Crippen LogP contribution in [0.25, 0.3) is 0 Å². The summed E-state index contributed by atoms with van der Waals surface area (Å²) >= 11 is 0. The Bertz CT molecular complexity index is 1300. The summed E-state index contributed by atoms with van der Waals surface area (Å²) in [5, 5.41) is 28.4. The van der Waals surface area contributed by atoms with Crippen molar-refractivity contribution in [2.24, 2.45) is 10.2 Å². The van der Waals surface area contributed by atoms with Crippen LogP contribution in [-0.2, 0) is 32.0 Å². The first kappa shape index (κ1) is 27.7. The van der Waals surface area contributed by atoms with E-state index in [1.807, 2.05) is 6.07 Å². The zero-order valence-corrected chi connectivity index (χ0v) is 20.5. The van der Waals surface area contributed by atoms with Crippen LogP contribution >= 0.6 is 0 Å². The lowest BCUT2D eigenvalue weighted by atomic mass is 10.1. The molecule has 188 valence electrons. The van der Waals surface area contributed by atoms with Crippen molar-refractivity contribution in [2.45, 2.75) is 40.2 Å². The van der Waals surface area contributed by atoms with E-state index in [4.69, 9.17) is 9.47 Å². The van der Waals surface area contributed by atoms with Gasteiger partial charge < -0.3 is 14.6 Å². The van der Waals surface area contributed by atoms with Gasteiger partial charge in [-0.1, -0.05) is 25.3 Å². The van der Waals surface area contributed by atoms with E-state index in [0.29, 0.717) is 17.7 Å². The summed E-state index contributed by atoms with van der Waals surface area (Å²) in [6, 6.07) is 8.84. The van der Waals surface area contributed by atoms with Crippen LogP contribution in [0.2, 0.25) is 0 Å². The van der Waals surface area contributed by atoms with Crippen LogP contribution in [0.5, 0.6) is 5.88 Å². The lowest BCUT2D eigenvalue weighted by molar-refractivity contribution is -0.139. The number of benzene rings is 1. The highest BCUT2D eigenvalue weighted by Gasteiger charge is 2.19. The molecule has 2 aromatic rings. The summed E-state index contributed by atoms with van der Waals surface area (Å²) in [4.78, 5) is 35.6. The third-order valence-electron chi connectivity index (χ3n) is 5.05. The highest BCUT2D eigenvalue weighted by molar-refractivity contribution is 5.87. The van der Waals surface area contributed by atoms with Gasteiger partial charge in [0.2, 0.25) is 5.88 Å². The molecule has 0 radical (unpaired) electrons. The molecule has 0 saturated carbocycles. The Morgan fingerprint density at radius 3 is 2.19 bits per heavy atom. The molecule has 0 atom stereocenters. The molecule has 0 aliphatic carbocycles. The first-order chi connectivity index (χ1) is 17.1. The monoisotopic (exact) mass is 492 g/mol. The van der Waals surface area contributed by atoms with Crippen LogP contribution in [-0.4, -0.2) is 34.8 Å². The van der Waals surface area contributed by atoms with Gasteiger partial charge in [-0.15, -0.1) is 5.11 Å². The van der Waals surface area contributed by atoms with Crippen LogP contribution in [0.3, 0.4) is 0 Å². The van der Waals surface area contributed by atoms with Crippen molar-refractivity contribution >= 4 is 23.3 Å². The standard InChI is InChI=1S/C26H28N4O6/c1-16(2)25(33)35-13-6-12-30-23(31)21(15-27)18(5)22(24(30)32)29-28-20-9-7-19(8-10-20)11-14-36-26(34)17(3)4/h7-10,32H,1,3,6,11-14H2,2,4-5H3/b29-28+. The summed E-state index contributed by atoms with van der Waals surface area (Å²) in [7, 11) is 0. The fourth-order valence-electron chi connectivity index (χ4n) is 3.00. The third kappa shape index (κ3) is 7.24. The van der Waals surface area contributed by atoms with Gasteiger partial charge in [0.25, 0.3) is 5.56 Å². The van der Waals surface area contributed by atoms with Gasteiger partial charge in [0.15, 0.2) is 5.69 Å². The van der Waals surface area contributed by atoms with Gasteiger partial charge in [-0.25, -0.2) is 9.59 Å². The lowest BCUT2D eigenvalue weighted by Crippen LogP contribution is -2.24. The minimum absolute atomic E-state index is 0.00291. The van der Waals surface area contributed by atoms with Crippen molar-refractivity contribution in [2.75, 3.05) is 13.2 Å². The van der Waals surface area contributed by atoms with E-state index >= 15 is 0 Å². The molecule has 0 aliphatic heterocycles. The number of nitriles is 1. The maximum Gasteiger partial charge on any atom is 0.333 e. The molecule has 0 bridgehead atoms. The largest absolute Gasteiger partial charge is 0.493 e. The molecule has 1 heterocycles. The number of pyridine rings is 1. The molecule has 0 amide bonds. The molecule has 1 N–H and O–H groups in total. The van der Waals surface area contributed by atoms with Crippen molar-refractivity contribution in [3.63, 3.8) is 0 Å². The predicted octanol–water partition coefficient (Wildman–Crippen LogP) is 4.32.